The molecule has 2 aromatic rings. The molecule has 0 radical (unpaired) electrons. The molecule has 0 amide bonds. The Morgan fingerprint density at radius 1 is 1.56 bits per heavy atom. The van der Waals surface area contributed by atoms with Gasteiger partial charge in [-0.1, -0.05) is 0 Å². The minimum atomic E-state index is 0.404. The van der Waals surface area contributed by atoms with Gasteiger partial charge in [-0.3, -0.25) is 0 Å². The van der Waals surface area contributed by atoms with Crippen molar-refractivity contribution in [3.8, 4) is 0 Å². The highest BCUT2D eigenvalue weighted by Gasteiger charge is 2.15. The third kappa shape index (κ3) is 2.49. The molecule has 2 aromatic heterocycles. The summed E-state index contributed by atoms with van der Waals surface area (Å²) in [6.07, 6.45) is 5.66. The van der Waals surface area contributed by atoms with E-state index in [0.717, 1.165) is 29.7 Å². The van der Waals surface area contributed by atoms with Crippen LogP contribution in [0.4, 0.5) is 5.95 Å². The van der Waals surface area contributed by atoms with E-state index in [1.54, 1.807) is 4.52 Å². The van der Waals surface area contributed by atoms with Gasteiger partial charge in [-0.2, -0.15) is 4.98 Å². The fourth-order valence-corrected chi connectivity index (χ4v) is 2.59. The van der Waals surface area contributed by atoms with E-state index >= 15 is 0 Å². The molecule has 1 unspecified atom stereocenters. The lowest BCUT2D eigenvalue weighted by atomic mass is 10.2. The van der Waals surface area contributed by atoms with Crippen molar-refractivity contribution < 1.29 is 4.74 Å². The minimum absolute atomic E-state index is 0.404. The van der Waals surface area contributed by atoms with E-state index in [1.165, 1.54) is 12.8 Å². The van der Waals surface area contributed by atoms with Crippen molar-refractivity contribution in [2.75, 3.05) is 18.5 Å². The highest BCUT2D eigenvalue weighted by Crippen LogP contribution is 2.18. The minimum Gasteiger partial charge on any atom is -0.378 e. The van der Waals surface area contributed by atoms with Crippen LogP contribution in [0.1, 0.15) is 19.3 Å². The monoisotopic (exact) mass is 310 g/mol. The lowest BCUT2D eigenvalue weighted by molar-refractivity contribution is 0.107. The maximum Gasteiger partial charge on any atom is 0.243 e. The molecule has 1 aliphatic heterocycles. The van der Waals surface area contributed by atoms with Crippen molar-refractivity contribution in [2.24, 2.45) is 0 Å². The first-order chi connectivity index (χ1) is 8.83. The zero-order valence-corrected chi connectivity index (χ0v) is 11.6. The average Bonchev–Trinajstić information content (AvgIpc) is 2.98. The van der Waals surface area contributed by atoms with E-state index < -0.39 is 0 Å². The summed E-state index contributed by atoms with van der Waals surface area (Å²) < 4.78 is 8.29. The normalized spacial score (nSPS) is 19.5. The van der Waals surface area contributed by atoms with Gasteiger partial charge in [-0.25, -0.2) is 4.52 Å². The number of anilines is 1. The Morgan fingerprint density at radius 2 is 2.50 bits per heavy atom. The summed E-state index contributed by atoms with van der Waals surface area (Å²) in [5, 5.41) is 7.61. The number of hydrogen-bond acceptors (Lipinski definition) is 4. The zero-order chi connectivity index (χ0) is 12.4. The molecule has 3 heterocycles. The number of hydrogen-bond donors (Lipinski definition) is 1. The second-order valence-electron chi connectivity index (χ2n) is 4.41. The fourth-order valence-electron chi connectivity index (χ4n) is 2.17. The van der Waals surface area contributed by atoms with Gasteiger partial charge in [0, 0.05) is 19.3 Å². The molecule has 0 aromatic carbocycles. The first-order valence-electron chi connectivity index (χ1n) is 6.19. The summed E-state index contributed by atoms with van der Waals surface area (Å²) in [7, 11) is 0. The van der Waals surface area contributed by atoms with Crippen LogP contribution in [0.15, 0.2) is 22.8 Å². The lowest BCUT2D eigenvalue weighted by Gasteiger charge is -2.08. The number of nitrogens with zero attached hydrogens (tertiary/aromatic N) is 3. The van der Waals surface area contributed by atoms with Gasteiger partial charge in [0.2, 0.25) is 5.95 Å². The van der Waals surface area contributed by atoms with Gasteiger partial charge < -0.3 is 10.1 Å². The molecule has 0 saturated carbocycles. The Morgan fingerprint density at radius 3 is 3.28 bits per heavy atom. The van der Waals surface area contributed by atoms with Gasteiger partial charge in [0.1, 0.15) is 0 Å². The molecule has 0 bridgehead atoms. The van der Waals surface area contributed by atoms with Crippen molar-refractivity contribution in [3.05, 3.63) is 22.8 Å². The van der Waals surface area contributed by atoms with E-state index in [1.807, 2.05) is 18.3 Å². The molecule has 0 aliphatic carbocycles. The fraction of sp³-hybridized carbons (Fsp3) is 0.500. The number of halogens is 1. The van der Waals surface area contributed by atoms with Gasteiger partial charge in [-0.15, -0.1) is 5.10 Å². The Balaban J connectivity index is 1.62. The van der Waals surface area contributed by atoms with Crippen molar-refractivity contribution >= 4 is 27.5 Å². The van der Waals surface area contributed by atoms with Gasteiger partial charge in [-0.05, 0) is 47.3 Å². The van der Waals surface area contributed by atoms with Crippen LogP contribution in [-0.4, -0.2) is 33.9 Å². The summed E-state index contributed by atoms with van der Waals surface area (Å²) in [5.74, 6) is 0.667. The van der Waals surface area contributed by atoms with E-state index in [-0.39, 0.29) is 0 Å². The molecule has 1 atom stereocenters. The number of nitrogens with one attached hydrogen (secondary N) is 1. The molecule has 1 saturated heterocycles. The first kappa shape index (κ1) is 11.9. The van der Waals surface area contributed by atoms with Gasteiger partial charge in [0.15, 0.2) is 5.65 Å². The second-order valence-corrected chi connectivity index (χ2v) is 5.26. The van der Waals surface area contributed by atoms with Crippen LogP contribution < -0.4 is 5.32 Å². The topological polar surface area (TPSA) is 51.5 Å². The predicted octanol–water partition coefficient (Wildman–Crippen LogP) is 2.47. The average molecular weight is 311 g/mol. The number of aromatic nitrogens is 3. The summed E-state index contributed by atoms with van der Waals surface area (Å²) in [6.45, 7) is 1.75. The van der Waals surface area contributed by atoms with E-state index in [2.05, 4.69) is 31.3 Å². The molecule has 96 valence electrons. The molecule has 1 N–H and O–H groups in total. The Bertz CT molecular complexity index is 536. The second kappa shape index (κ2) is 5.24. The molecule has 6 heteroatoms. The van der Waals surface area contributed by atoms with Gasteiger partial charge in [0.25, 0.3) is 0 Å². The molecule has 0 spiro atoms. The summed E-state index contributed by atoms with van der Waals surface area (Å²) >= 11 is 3.46. The van der Waals surface area contributed by atoms with E-state index in [9.17, 15) is 0 Å². The Hall–Kier alpha value is -1.14. The molecular weight excluding hydrogens is 296 g/mol. The lowest BCUT2D eigenvalue weighted by Crippen LogP contribution is -2.13. The quantitative estimate of drug-likeness (QED) is 0.942. The van der Waals surface area contributed by atoms with Gasteiger partial charge >= 0.3 is 0 Å². The number of rotatable bonds is 4. The molecule has 18 heavy (non-hydrogen) atoms. The van der Waals surface area contributed by atoms with Crippen LogP contribution in [0, 0.1) is 0 Å². The molecule has 3 rings (SSSR count). The van der Waals surface area contributed by atoms with E-state index in [0.29, 0.717) is 12.1 Å². The van der Waals surface area contributed by atoms with Crippen LogP contribution in [0.2, 0.25) is 0 Å². The van der Waals surface area contributed by atoms with Crippen molar-refractivity contribution in [3.63, 3.8) is 0 Å². The number of pyridine rings is 1. The molecule has 1 fully saturated rings. The van der Waals surface area contributed by atoms with Crippen LogP contribution in [0.25, 0.3) is 5.65 Å². The molecule has 5 nitrogen and oxygen atoms in total. The number of fused-ring (bicyclic) bond motifs is 1. The van der Waals surface area contributed by atoms with Crippen molar-refractivity contribution in [2.45, 2.75) is 25.4 Å². The van der Waals surface area contributed by atoms with Crippen LogP contribution in [-0.2, 0) is 4.74 Å². The largest absolute Gasteiger partial charge is 0.378 e. The van der Waals surface area contributed by atoms with Crippen molar-refractivity contribution in [1.29, 1.82) is 0 Å². The summed E-state index contributed by atoms with van der Waals surface area (Å²) in [4.78, 5) is 4.43. The smallest absolute Gasteiger partial charge is 0.243 e. The maximum atomic E-state index is 5.58. The third-order valence-electron chi connectivity index (χ3n) is 3.09. The van der Waals surface area contributed by atoms with Crippen LogP contribution in [0.3, 0.4) is 0 Å². The highest BCUT2D eigenvalue weighted by atomic mass is 79.9. The first-order valence-corrected chi connectivity index (χ1v) is 6.98. The SMILES string of the molecule is Brc1cccn2nc(NCCC3CCCO3)nc12. The third-order valence-corrected chi connectivity index (χ3v) is 3.71. The van der Waals surface area contributed by atoms with E-state index in [4.69, 9.17) is 4.74 Å². The molecule has 1 aliphatic rings. The Kier molecular flexibility index (Phi) is 3.47. The zero-order valence-electron chi connectivity index (χ0n) is 9.97. The summed E-state index contributed by atoms with van der Waals surface area (Å²) in [5.41, 5.74) is 0.831. The standard InChI is InChI=1S/C12H15BrN4O/c13-10-4-1-7-17-11(10)15-12(16-17)14-6-5-9-3-2-8-18-9/h1,4,7,9H,2-3,5-6,8H2,(H,14,16). The summed E-state index contributed by atoms with van der Waals surface area (Å²) in [6, 6.07) is 3.89. The van der Waals surface area contributed by atoms with Gasteiger partial charge in [0.05, 0.1) is 10.6 Å². The molecular formula is C12H15BrN4O. The number of ether oxygens (including phenoxy) is 1. The highest BCUT2D eigenvalue weighted by molar-refractivity contribution is 9.10. The van der Waals surface area contributed by atoms with Crippen LogP contribution in [0.5, 0.6) is 0 Å². The van der Waals surface area contributed by atoms with Crippen molar-refractivity contribution in [1.82, 2.24) is 14.6 Å². The predicted molar refractivity (Wildman–Crippen MR) is 72.8 cm³/mol. The van der Waals surface area contributed by atoms with Crippen LogP contribution >= 0.6 is 15.9 Å². The Labute approximate surface area is 114 Å². The maximum absolute atomic E-state index is 5.58.